The van der Waals surface area contributed by atoms with Crippen LogP contribution in [0.15, 0.2) is 46.9 Å². The van der Waals surface area contributed by atoms with Crippen LogP contribution in [0.2, 0.25) is 0 Å². The van der Waals surface area contributed by atoms with Crippen molar-refractivity contribution in [2.75, 3.05) is 0 Å². The third kappa shape index (κ3) is 4.51. The van der Waals surface area contributed by atoms with Gasteiger partial charge in [-0.2, -0.15) is 0 Å². The van der Waals surface area contributed by atoms with Crippen molar-refractivity contribution in [3.63, 3.8) is 0 Å². The number of benzene rings is 2. The normalized spacial score (nSPS) is 11.5. The van der Waals surface area contributed by atoms with Crippen LogP contribution in [0.1, 0.15) is 17.3 Å². The molecule has 2 aromatic carbocycles. The molecule has 2 rings (SSSR count). The molecule has 0 aliphatic carbocycles. The number of halogens is 3. The summed E-state index contributed by atoms with van der Waals surface area (Å²) in [6.45, 7) is 1.38. The molecule has 0 radical (unpaired) electrons. The zero-order valence-corrected chi connectivity index (χ0v) is 14.1. The number of amides is 2. The molecular formula is C16H13BrF2N2O3. The number of ether oxygens (including phenoxy) is 1. The minimum Gasteiger partial charge on any atom is -0.478 e. The average Bonchev–Trinajstić information content (AvgIpc) is 2.54. The van der Waals surface area contributed by atoms with E-state index in [1.54, 1.807) is 6.07 Å². The van der Waals surface area contributed by atoms with Crippen molar-refractivity contribution in [1.29, 1.82) is 0 Å². The standard InChI is InChI=1S/C16H13BrF2N2O3/c1-9(24-14-5-3-2-4-12(14)18)15(22)20-21-16(23)11-7-6-10(17)8-13(11)19/h2-9H,1H3,(H,20,22)(H,21,23)/t9-/m0/s1. The van der Waals surface area contributed by atoms with Gasteiger partial charge in [-0.15, -0.1) is 0 Å². The van der Waals surface area contributed by atoms with Crippen molar-refractivity contribution in [3.05, 3.63) is 64.1 Å². The van der Waals surface area contributed by atoms with Crippen LogP contribution in [0.25, 0.3) is 0 Å². The molecule has 0 unspecified atom stereocenters. The Labute approximate surface area is 145 Å². The molecule has 8 heteroatoms. The van der Waals surface area contributed by atoms with Gasteiger partial charge in [-0.25, -0.2) is 8.78 Å². The Bertz CT molecular complexity index is 771. The molecule has 0 fully saturated rings. The lowest BCUT2D eigenvalue weighted by Gasteiger charge is -2.15. The highest BCUT2D eigenvalue weighted by atomic mass is 79.9. The molecule has 0 saturated carbocycles. The van der Waals surface area contributed by atoms with Crippen LogP contribution in [-0.4, -0.2) is 17.9 Å². The van der Waals surface area contributed by atoms with E-state index in [-0.39, 0.29) is 11.3 Å². The van der Waals surface area contributed by atoms with Crippen molar-refractivity contribution < 1.29 is 23.1 Å². The predicted molar refractivity (Wildman–Crippen MR) is 86.2 cm³/mol. The van der Waals surface area contributed by atoms with Gasteiger partial charge in [0.15, 0.2) is 17.7 Å². The summed E-state index contributed by atoms with van der Waals surface area (Å²) in [5, 5.41) is 0. The zero-order valence-electron chi connectivity index (χ0n) is 12.5. The number of hydrazine groups is 1. The zero-order chi connectivity index (χ0) is 17.7. The summed E-state index contributed by atoms with van der Waals surface area (Å²) in [6.07, 6.45) is -1.07. The number of hydrogen-bond donors (Lipinski definition) is 2. The highest BCUT2D eigenvalue weighted by Gasteiger charge is 2.18. The third-order valence-corrected chi connectivity index (χ3v) is 3.48. The number of hydrogen-bond acceptors (Lipinski definition) is 3. The van der Waals surface area contributed by atoms with E-state index < -0.39 is 29.6 Å². The first-order valence-electron chi connectivity index (χ1n) is 6.85. The minimum atomic E-state index is -1.07. The second-order valence-corrected chi connectivity index (χ2v) is 5.67. The SMILES string of the molecule is C[C@H](Oc1ccccc1F)C(=O)NNC(=O)c1ccc(Br)cc1F. The Morgan fingerprint density at radius 1 is 1.08 bits per heavy atom. The molecule has 5 nitrogen and oxygen atoms in total. The van der Waals surface area contributed by atoms with Crippen LogP contribution < -0.4 is 15.6 Å². The Hall–Kier alpha value is -2.48. The molecule has 1 atom stereocenters. The maximum Gasteiger partial charge on any atom is 0.279 e. The van der Waals surface area contributed by atoms with E-state index in [2.05, 4.69) is 26.8 Å². The van der Waals surface area contributed by atoms with E-state index >= 15 is 0 Å². The molecule has 24 heavy (non-hydrogen) atoms. The molecule has 0 bridgehead atoms. The molecule has 0 aliphatic rings. The topological polar surface area (TPSA) is 67.4 Å². The summed E-state index contributed by atoms with van der Waals surface area (Å²) in [4.78, 5) is 23.7. The number of carbonyl (C=O) groups is 2. The quantitative estimate of drug-likeness (QED) is 0.778. The van der Waals surface area contributed by atoms with Crippen LogP contribution in [0.3, 0.4) is 0 Å². The highest BCUT2D eigenvalue weighted by molar-refractivity contribution is 9.10. The first-order chi connectivity index (χ1) is 11.4. The Morgan fingerprint density at radius 3 is 2.46 bits per heavy atom. The van der Waals surface area contributed by atoms with Crippen LogP contribution >= 0.6 is 15.9 Å². The van der Waals surface area contributed by atoms with E-state index in [9.17, 15) is 18.4 Å². The van der Waals surface area contributed by atoms with Gasteiger partial charge in [0.05, 0.1) is 5.56 Å². The Kier molecular flexibility index (Phi) is 5.86. The van der Waals surface area contributed by atoms with Gasteiger partial charge in [-0.05, 0) is 37.3 Å². The van der Waals surface area contributed by atoms with Gasteiger partial charge < -0.3 is 4.74 Å². The Morgan fingerprint density at radius 2 is 1.79 bits per heavy atom. The van der Waals surface area contributed by atoms with E-state index in [0.29, 0.717) is 4.47 Å². The lowest BCUT2D eigenvalue weighted by Crippen LogP contribution is -2.47. The summed E-state index contributed by atoms with van der Waals surface area (Å²) in [7, 11) is 0. The first kappa shape index (κ1) is 17.9. The van der Waals surface area contributed by atoms with Gasteiger partial charge in [0, 0.05) is 4.47 Å². The molecule has 0 aliphatic heterocycles. The van der Waals surface area contributed by atoms with Gasteiger partial charge in [-0.3, -0.25) is 20.4 Å². The molecule has 0 heterocycles. The first-order valence-corrected chi connectivity index (χ1v) is 7.64. The molecule has 0 saturated heterocycles. The summed E-state index contributed by atoms with van der Waals surface area (Å²) in [5.74, 6) is -2.99. The molecular weight excluding hydrogens is 386 g/mol. The minimum absolute atomic E-state index is 0.0922. The fourth-order valence-corrected chi connectivity index (χ4v) is 2.08. The van der Waals surface area contributed by atoms with Crippen molar-refractivity contribution in [2.24, 2.45) is 0 Å². The van der Waals surface area contributed by atoms with Crippen LogP contribution in [0.4, 0.5) is 8.78 Å². The van der Waals surface area contributed by atoms with E-state index in [4.69, 9.17) is 4.74 Å². The van der Waals surface area contributed by atoms with E-state index in [1.165, 1.54) is 37.3 Å². The average molecular weight is 399 g/mol. The maximum atomic E-state index is 13.6. The highest BCUT2D eigenvalue weighted by Crippen LogP contribution is 2.17. The van der Waals surface area contributed by atoms with Crippen LogP contribution in [0.5, 0.6) is 5.75 Å². The van der Waals surface area contributed by atoms with Gasteiger partial charge in [0.25, 0.3) is 11.8 Å². The molecule has 126 valence electrons. The summed E-state index contributed by atoms with van der Waals surface area (Å²) < 4.78 is 32.7. The van der Waals surface area contributed by atoms with Crippen molar-refractivity contribution in [3.8, 4) is 5.75 Å². The van der Waals surface area contributed by atoms with Crippen molar-refractivity contribution in [1.82, 2.24) is 10.9 Å². The lowest BCUT2D eigenvalue weighted by atomic mass is 10.2. The maximum absolute atomic E-state index is 13.6. The van der Waals surface area contributed by atoms with Crippen LogP contribution in [0, 0.1) is 11.6 Å². The van der Waals surface area contributed by atoms with Crippen LogP contribution in [-0.2, 0) is 4.79 Å². The number of nitrogens with one attached hydrogen (secondary N) is 2. The number of carbonyl (C=O) groups excluding carboxylic acids is 2. The molecule has 2 aromatic rings. The fourth-order valence-electron chi connectivity index (χ4n) is 1.75. The predicted octanol–water partition coefficient (Wildman–Crippen LogP) is 2.96. The van der Waals surface area contributed by atoms with Gasteiger partial charge in [-0.1, -0.05) is 28.1 Å². The monoisotopic (exact) mass is 398 g/mol. The van der Waals surface area contributed by atoms with Gasteiger partial charge >= 0.3 is 0 Å². The van der Waals surface area contributed by atoms with E-state index in [0.717, 1.165) is 6.07 Å². The molecule has 0 spiro atoms. The third-order valence-electron chi connectivity index (χ3n) is 2.98. The summed E-state index contributed by atoms with van der Waals surface area (Å²) in [5.41, 5.74) is 3.94. The lowest BCUT2D eigenvalue weighted by molar-refractivity contribution is -0.128. The Balaban J connectivity index is 1.92. The second-order valence-electron chi connectivity index (χ2n) is 4.76. The second kappa shape index (κ2) is 7.87. The number of para-hydroxylation sites is 1. The van der Waals surface area contributed by atoms with E-state index in [1.807, 2.05) is 0 Å². The van der Waals surface area contributed by atoms with Crippen molar-refractivity contribution in [2.45, 2.75) is 13.0 Å². The molecule has 2 N–H and O–H groups in total. The largest absolute Gasteiger partial charge is 0.478 e. The molecule has 0 aromatic heterocycles. The fraction of sp³-hybridized carbons (Fsp3) is 0.125. The van der Waals surface area contributed by atoms with Gasteiger partial charge in [0.1, 0.15) is 5.82 Å². The van der Waals surface area contributed by atoms with Crippen molar-refractivity contribution >= 4 is 27.7 Å². The summed E-state index contributed by atoms with van der Waals surface area (Å²) >= 11 is 3.08. The smallest absolute Gasteiger partial charge is 0.279 e. The summed E-state index contributed by atoms with van der Waals surface area (Å²) in [6, 6.07) is 9.48. The number of rotatable bonds is 4. The molecule has 2 amide bonds. The van der Waals surface area contributed by atoms with Gasteiger partial charge in [0.2, 0.25) is 0 Å².